The highest BCUT2D eigenvalue weighted by Crippen LogP contribution is 2.21. The van der Waals surface area contributed by atoms with Gasteiger partial charge in [0.15, 0.2) is 5.69 Å². The molecular weight excluding hydrogens is 220 g/mol. The Kier molecular flexibility index (Phi) is 2.71. The van der Waals surface area contributed by atoms with Crippen molar-refractivity contribution in [1.82, 2.24) is 20.4 Å². The number of hydrogen-bond acceptors (Lipinski definition) is 4. The smallest absolute Gasteiger partial charge is 0.361 e. The van der Waals surface area contributed by atoms with E-state index in [0.717, 1.165) is 5.56 Å². The first-order valence-corrected chi connectivity index (χ1v) is 5.24. The van der Waals surface area contributed by atoms with Crippen LogP contribution in [0, 0.1) is 0 Å². The summed E-state index contributed by atoms with van der Waals surface area (Å²) in [7, 11) is 0. The average Bonchev–Trinajstić information content (AvgIpc) is 2.85. The molecule has 0 aliphatic carbocycles. The van der Waals surface area contributed by atoms with E-state index < -0.39 is 11.6 Å². The van der Waals surface area contributed by atoms with Crippen LogP contribution >= 0.6 is 0 Å². The molecule has 0 saturated heterocycles. The molecule has 6 nitrogen and oxygen atoms in total. The van der Waals surface area contributed by atoms with Crippen LogP contribution in [0.3, 0.4) is 0 Å². The molecule has 0 fully saturated rings. The van der Waals surface area contributed by atoms with Crippen LogP contribution in [-0.2, 0) is 4.74 Å². The zero-order valence-electron chi connectivity index (χ0n) is 9.94. The highest BCUT2D eigenvalue weighted by atomic mass is 16.6. The Labute approximate surface area is 98.4 Å². The Morgan fingerprint density at radius 1 is 1.35 bits per heavy atom. The van der Waals surface area contributed by atoms with Gasteiger partial charge >= 0.3 is 5.97 Å². The van der Waals surface area contributed by atoms with Gasteiger partial charge in [0.25, 0.3) is 0 Å². The molecule has 0 aromatic carbocycles. The molecule has 2 heterocycles. The number of H-pyrrole nitrogens is 2. The van der Waals surface area contributed by atoms with Gasteiger partial charge in [-0.15, -0.1) is 5.10 Å². The van der Waals surface area contributed by atoms with E-state index in [0.29, 0.717) is 5.69 Å². The van der Waals surface area contributed by atoms with Crippen molar-refractivity contribution >= 4 is 5.97 Å². The molecular formula is C11H14N4O2. The van der Waals surface area contributed by atoms with Crippen molar-refractivity contribution in [2.24, 2.45) is 0 Å². The second kappa shape index (κ2) is 4.04. The van der Waals surface area contributed by atoms with Crippen molar-refractivity contribution < 1.29 is 9.53 Å². The van der Waals surface area contributed by atoms with Crippen molar-refractivity contribution in [1.29, 1.82) is 0 Å². The first-order chi connectivity index (χ1) is 7.97. The third-order valence-electron chi connectivity index (χ3n) is 2.01. The minimum absolute atomic E-state index is 0.194. The minimum atomic E-state index is -0.550. The lowest BCUT2D eigenvalue weighted by atomic mass is 10.1. The van der Waals surface area contributed by atoms with E-state index in [1.807, 2.05) is 6.07 Å². The monoisotopic (exact) mass is 234 g/mol. The van der Waals surface area contributed by atoms with Gasteiger partial charge in [0, 0.05) is 18.0 Å². The standard InChI is InChI=1S/C11H14N4O2/c1-11(2,3)17-10(16)9-8(13-15-14-9)7-4-5-12-6-7/h4-6,12H,1-3H3,(H,13,14,15). The summed E-state index contributed by atoms with van der Waals surface area (Å²) >= 11 is 0. The van der Waals surface area contributed by atoms with Gasteiger partial charge in [-0.25, -0.2) is 4.79 Å². The van der Waals surface area contributed by atoms with Crippen LogP contribution in [0.5, 0.6) is 0 Å². The number of nitrogens with one attached hydrogen (secondary N) is 2. The topological polar surface area (TPSA) is 83.7 Å². The van der Waals surface area contributed by atoms with Gasteiger partial charge in [0.2, 0.25) is 0 Å². The molecule has 2 N–H and O–H groups in total. The Bertz CT molecular complexity index is 508. The van der Waals surface area contributed by atoms with Gasteiger partial charge in [-0.2, -0.15) is 10.3 Å². The summed E-state index contributed by atoms with van der Waals surface area (Å²) in [5.74, 6) is -0.484. The molecule has 2 rings (SSSR count). The van der Waals surface area contributed by atoms with Crippen LogP contribution in [0.1, 0.15) is 31.3 Å². The number of aromatic amines is 2. The first-order valence-electron chi connectivity index (χ1n) is 5.24. The Morgan fingerprint density at radius 3 is 2.71 bits per heavy atom. The van der Waals surface area contributed by atoms with E-state index in [4.69, 9.17) is 4.74 Å². The van der Waals surface area contributed by atoms with Gasteiger partial charge < -0.3 is 9.72 Å². The Balaban J connectivity index is 2.29. The Morgan fingerprint density at radius 2 is 2.12 bits per heavy atom. The van der Waals surface area contributed by atoms with Crippen LogP contribution < -0.4 is 0 Å². The molecule has 0 bridgehead atoms. The van der Waals surface area contributed by atoms with Crippen molar-refractivity contribution in [2.45, 2.75) is 26.4 Å². The predicted molar refractivity (Wildman–Crippen MR) is 61.3 cm³/mol. The molecule has 90 valence electrons. The zero-order valence-corrected chi connectivity index (χ0v) is 9.94. The van der Waals surface area contributed by atoms with E-state index in [1.165, 1.54) is 0 Å². The number of carbonyl (C=O) groups is 1. The fourth-order valence-corrected chi connectivity index (χ4v) is 1.37. The number of hydrogen-bond donors (Lipinski definition) is 2. The van der Waals surface area contributed by atoms with Gasteiger partial charge in [-0.3, -0.25) is 0 Å². The third-order valence-corrected chi connectivity index (χ3v) is 2.01. The van der Waals surface area contributed by atoms with E-state index in [9.17, 15) is 4.79 Å². The normalized spacial score (nSPS) is 11.5. The molecule has 6 heteroatoms. The second-order valence-corrected chi connectivity index (χ2v) is 4.62. The van der Waals surface area contributed by atoms with Crippen LogP contribution in [-0.4, -0.2) is 32.0 Å². The van der Waals surface area contributed by atoms with Crippen molar-refractivity contribution in [3.63, 3.8) is 0 Å². The highest BCUT2D eigenvalue weighted by Gasteiger charge is 2.24. The van der Waals surface area contributed by atoms with Gasteiger partial charge in [-0.05, 0) is 26.8 Å². The SMILES string of the molecule is CC(C)(C)OC(=O)c1n[nH]nc1-c1cc[nH]c1. The van der Waals surface area contributed by atoms with Crippen LogP contribution in [0.2, 0.25) is 0 Å². The number of carbonyl (C=O) groups excluding carboxylic acids is 1. The molecule has 0 spiro atoms. The summed E-state index contributed by atoms with van der Waals surface area (Å²) in [4.78, 5) is 14.8. The maximum Gasteiger partial charge on any atom is 0.361 e. The highest BCUT2D eigenvalue weighted by molar-refractivity contribution is 5.94. The lowest BCUT2D eigenvalue weighted by Crippen LogP contribution is -2.24. The van der Waals surface area contributed by atoms with Gasteiger partial charge in [0.05, 0.1) is 0 Å². The second-order valence-electron chi connectivity index (χ2n) is 4.62. The molecule has 0 radical (unpaired) electrons. The summed E-state index contributed by atoms with van der Waals surface area (Å²) in [5, 5.41) is 10.2. The van der Waals surface area contributed by atoms with Crippen molar-refractivity contribution in [3.05, 3.63) is 24.2 Å². The third kappa shape index (κ3) is 2.52. The number of rotatable bonds is 2. The van der Waals surface area contributed by atoms with E-state index >= 15 is 0 Å². The number of nitrogens with zero attached hydrogens (tertiary/aromatic N) is 2. The Hall–Kier alpha value is -2.11. The van der Waals surface area contributed by atoms with Gasteiger partial charge in [0.1, 0.15) is 11.3 Å². The van der Waals surface area contributed by atoms with Crippen LogP contribution in [0.4, 0.5) is 0 Å². The molecule has 0 unspecified atom stereocenters. The fourth-order valence-electron chi connectivity index (χ4n) is 1.37. The molecule has 0 atom stereocenters. The molecule has 17 heavy (non-hydrogen) atoms. The summed E-state index contributed by atoms with van der Waals surface area (Å²) in [6, 6.07) is 1.81. The summed E-state index contributed by atoms with van der Waals surface area (Å²) in [5.41, 5.74) is 0.922. The number of esters is 1. The molecule has 0 aliphatic heterocycles. The maximum atomic E-state index is 11.9. The average molecular weight is 234 g/mol. The van der Waals surface area contributed by atoms with Crippen LogP contribution in [0.15, 0.2) is 18.5 Å². The lowest BCUT2D eigenvalue weighted by Gasteiger charge is -2.18. The molecule has 0 amide bonds. The fraction of sp³-hybridized carbons (Fsp3) is 0.364. The maximum absolute atomic E-state index is 11.9. The molecule has 2 aromatic rings. The predicted octanol–water partition coefficient (Wildman–Crippen LogP) is 1.76. The summed E-state index contributed by atoms with van der Waals surface area (Å²) < 4.78 is 5.25. The molecule has 2 aromatic heterocycles. The lowest BCUT2D eigenvalue weighted by molar-refractivity contribution is 0.00637. The number of ether oxygens (including phenoxy) is 1. The van der Waals surface area contributed by atoms with Crippen molar-refractivity contribution in [2.75, 3.05) is 0 Å². The van der Waals surface area contributed by atoms with E-state index in [2.05, 4.69) is 20.4 Å². The summed E-state index contributed by atoms with van der Waals surface area (Å²) in [6.07, 6.45) is 3.49. The minimum Gasteiger partial charge on any atom is -0.455 e. The number of aromatic nitrogens is 4. The largest absolute Gasteiger partial charge is 0.455 e. The van der Waals surface area contributed by atoms with Crippen molar-refractivity contribution in [3.8, 4) is 11.3 Å². The van der Waals surface area contributed by atoms with E-state index in [1.54, 1.807) is 33.2 Å². The van der Waals surface area contributed by atoms with Gasteiger partial charge in [-0.1, -0.05) is 0 Å². The zero-order chi connectivity index (χ0) is 12.5. The molecule has 0 saturated carbocycles. The molecule has 0 aliphatic rings. The summed E-state index contributed by atoms with van der Waals surface area (Å²) in [6.45, 7) is 5.42. The van der Waals surface area contributed by atoms with E-state index in [-0.39, 0.29) is 5.69 Å². The quantitative estimate of drug-likeness (QED) is 0.775. The van der Waals surface area contributed by atoms with Crippen LogP contribution in [0.25, 0.3) is 11.3 Å². The first kappa shape index (κ1) is 11.4.